The zero-order valence-corrected chi connectivity index (χ0v) is 9.19. The molecule has 0 aliphatic carbocycles. The van der Waals surface area contributed by atoms with Crippen molar-refractivity contribution < 1.29 is 4.42 Å². The minimum absolute atomic E-state index is 0.272. The molecule has 0 aliphatic heterocycles. The van der Waals surface area contributed by atoms with Gasteiger partial charge in [0.05, 0.1) is 5.52 Å². The minimum atomic E-state index is -0.507. The summed E-state index contributed by atoms with van der Waals surface area (Å²) in [6.07, 6.45) is 0. The number of rotatable bonds is 1. The van der Waals surface area contributed by atoms with Gasteiger partial charge in [0.25, 0.3) is 0 Å². The number of hydrogen-bond acceptors (Lipinski definition) is 4. The number of nitrogen functional groups attached to an aromatic ring is 1. The standard InChI is InChI=1S/C12H9N3O3/c13-10-4-7(5-11(16)15-10)6-1-2-9-8(3-6)14-12(17)18-9/h1-5H,(H,14,17)(H3,13,15,16). The van der Waals surface area contributed by atoms with Gasteiger partial charge in [0, 0.05) is 6.07 Å². The molecule has 0 saturated heterocycles. The van der Waals surface area contributed by atoms with Gasteiger partial charge in [-0.3, -0.25) is 9.78 Å². The van der Waals surface area contributed by atoms with Crippen molar-refractivity contribution in [1.82, 2.24) is 9.97 Å². The summed E-state index contributed by atoms with van der Waals surface area (Å²) < 4.78 is 4.90. The SMILES string of the molecule is Nc1cc(-c2ccc3oc(=O)[nH]c3c2)cc(=O)[nH]1. The van der Waals surface area contributed by atoms with Crippen LogP contribution in [0.1, 0.15) is 0 Å². The van der Waals surface area contributed by atoms with Crippen molar-refractivity contribution in [3.8, 4) is 11.1 Å². The number of aromatic amines is 2. The van der Waals surface area contributed by atoms with Crippen LogP contribution in [0.4, 0.5) is 5.82 Å². The fraction of sp³-hybridized carbons (Fsp3) is 0. The topological polar surface area (TPSA) is 105 Å². The molecule has 2 heterocycles. The first kappa shape index (κ1) is 10.4. The number of aromatic nitrogens is 2. The molecule has 4 N–H and O–H groups in total. The van der Waals surface area contributed by atoms with Crippen molar-refractivity contribution in [3.05, 3.63) is 51.2 Å². The Kier molecular flexibility index (Phi) is 2.09. The summed E-state index contributed by atoms with van der Waals surface area (Å²) in [5.41, 5.74) is 7.82. The highest BCUT2D eigenvalue weighted by Crippen LogP contribution is 2.22. The summed E-state index contributed by atoms with van der Waals surface area (Å²) in [5, 5.41) is 0. The van der Waals surface area contributed by atoms with E-state index < -0.39 is 5.76 Å². The maximum Gasteiger partial charge on any atom is 0.417 e. The molecule has 3 rings (SSSR count). The summed E-state index contributed by atoms with van der Waals surface area (Å²) in [7, 11) is 0. The fourth-order valence-electron chi connectivity index (χ4n) is 1.86. The van der Waals surface area contributed by atoms with E-state index in [-0.39, 0.29) is 5.56 Å². The number of nitrogens with two attached hydrogens (primary N) is 1. The van der Waals surface area contributed by atoms with Gasteiger partial charge in [-0.15, -0.1) is 0 Å². The molecule has 0 radical (unpaired) electrons. The number of fused-ring (bicyclic) bond motifs is 1. The summed E-state index contributed by atoms with van der Waals surface area (Å²) in [5.74, 6) is -0.217. The zero-order chi connectivity index (χ0) is 12.7. The second-order valence-electron chi connectivity index (χ2n) is 3.91. The largest absolute Gasteiger partial charge is 0.417 e. The van der Waals surface area contributed by atoms with Crippen LogP contribution in [0, 0.1) is 0 Å². The van der Waals surface area contributed by atoms with E-state index in [0.717, 1.165) is 5.56 Å². The maximum atomic E-state index is 11.3. The van der Waals surface area contributed by atoms with Crippen LogP contribution >= 0.6 is 0 Å². The normalized spacial score (nSPS) is 10.9. The molecule has 0 aliphatic rings. The van der Waals surface area contributed by atoms with Crippen LogP contribution in [-0.2, 0) is 0 Å². The molecule has 6 nitrogen and oxygen atoms in total. The average Bonchev–Trinajstić information content (AvgIpc) is 2.66. The van der Waals surface area contributed by atoms with Crippen LogP contribution in [0.2, 0.25) is 0 Å². The van der Waals surface area contributed by atoms with Crippen LogP contribution in [0.5, 0.6) is 0 Å². The number of anilines is 1. The van der Waals surface area contributed by atoms with Crippen LogP contribution in [-0.4, -0.2) is 9.97 Å². The van der Waals surface area contributed by atoms with Crippen molar-refractivity contribution in [2.24, 2.45) is 0 Å². The molecule has 1 aromatic carbocycles. The predicted octanol–water partition coefficient (Wildman–Crippen LogP) is 1.06. The first-order chi connectivity index (χ1) is 8.61. The second kappa shape index (κ2) is 3.63. The lowest BCUT2D eigenvalue weighted by Crippen LogP contribution is -2.07. The van der Waals surface area contributed by atoms with Crippen molar-refractivity contribution in [3.63, 3.8) is 0 Å². The van der Waals surface area contributed by atoms with E-state index in [2.05, 4.69) is 9.97 Å². The Balaban J connectivity index is 2.24. The Morgan fingerprint density at radius 1 is 1.00 bits per heavy atom. The monoisotopic (exact) mass is 243 g/mol. The van der Waals surface area contributed by atoms with Crippen LogP contribution in [0.15, 0.2) is 44.3 Å². The van der Waals surface area contributed by atoms with E-state index in [1.807, 2.05) is 0 Å². The molecule has 0 spiro atoms. The van der Waals surface area contributed by atoms with Gasteiger partial charge in [-0.1, -0.05) is 6.07 Å². The number of nitrogens with one attached hydrogen (secondary N) is 2. The summed E-state index contributed by atoms with van der Waals surface area (Å²) in [4.78, 5) is 27.4. The number of pyridine rings is 1. The van der Waals surface area contributed by atoms with E-state index in [4.69, 9.17) is 10.2 Å². The molecular weight excluding hydrogens is 234 g/mol. The molecule has 0 bridgehead atoms. The van der Waals surface area contributed by atoms with Gasteiger partial charge in [-0.2, -0.15) is 0 Å². The molecule has 0 atom stereocenters. The smallest absolute Gasteiger partial charge is 0.408 e. The maximum absolute atomic E-state index is 11.3. The third-order valence-corrected chi connectivity index (χ3v) is 2.62. The fourth-order valence-corrected chi connectivity index (χ4v) is 1.86. The molecule has 0 fully saturated rings. The van der Waals surface area contributed by atoms with Gasteiger partial charge in [-0.05, 0) is 29.3 Å². The van der Waals surface area contributed by atoms with Gasteiger partial charge >= 0.3 is 5.76 Å². The van der Waals surface area contributed by atoms with Gasteiger partial charge < -0.3 is 15.1 Å². The molecular formula is C12H9N3O3. The lowest BCUT2D eigenvalue weighted by Gasteiger charge is -2.02. The molecule has 3 aromatic rings. The molecule has 0 amide bonds. The van der Waals surface area contributed by atoms with E-state index in [9.17, 15) is 9.59 Å². The Hall–Kier alpha value is -2.76. The van der Waals surface area contributed by atoms with E-state index in [1.165, 1.54) is 6.07 Å². The van der Waals surface area contributed by atoms with Gasteiger partial charge in [0.15, 0.2) is 5.58 Å². The van der Waals surface area contributed by atoms with E-state index >= 15 is 0 Å². The third-order valence-electron chi connectivity index (χ3n) is 2.62. The van der Waals surface area contributed by atoms with Crippen molar-refractivity contribution in [2.75, 3.05) is 5.73 Å². The molecule has 2 aromatic heterocycles. The Morgan fingerprint density at radius 2 is 1.83 bits per heavy atom. The second-order valence-corrected chi connectivity index (χ2v) is 3.91. The lowest BCUT2D eigenvalue weighted by molar-refractivity contribution is 0.555. The predicted molar refractivity (Wildman–Crippen MR) is 67.3 cm³/mol. The van der Waals surface area contributed by atoms with Crippen LogP contribution < -0.4 is 17.0 Å². The van der Waals surface area contributed by atoms with Crippen LogP contribution in [0.25, 0.3) is 22.2 Å². The number of oxazole rings is 1. The number of benzene rings is 1. The molecule has 0 unspecified atom stereocenters. The molecule has 18 heavy (non-hydrogen) atoms. The van der Waals surface area contributed by atoms with Gasteiger partial charge in [0.1, 0.15) is 5.82 Å². The summed E-state index contributed by atoms with van der Waals surface area (Å²) in [6, 6.07) is 8.25. The van der Waals surface area contributed by atoms with E-state index in [1.54, 1.807) is 24.3 Å². The molecule has 0 saturated carbocycles. The third kappa shape index (κ3) is 1.69. The van der Waals surface area contributed by atoms with Crippen molar-refractivity contribution >= 4 is 16.9 Å². The molecule has 6 heteroatoms. The first-order valence-corrected chi connectivity index (χ1v) is 5.25. The van der Waals surface area contributed by atoms with Crippen LogP contribution in [0.3, 0.4) is 0 Å². The Bertz CT molecular complexity index is 841. The van der Waals surface area contributed by atoms with Crippen molar-refractivity contribution in [1.29, 1.82) is 0 Å². The Labute approximate surface area is 100 Å². The van der Waals surface area contributed by atoms with Gasteiger partial charge in [0.2, 0.25) is 5.56 Å². The summed E-state index contributed by atoms with van der Waals surface area (Å²) >= 11 is 0. The van der Waals surface area contributed by atoms with Gasteiger partial charge in [-0.25, -0.2) is 4.79 Å². The highest BCUT2D eigenvalue weighted by Gasteiger charge is 2.05. The summed E-state index contributed by atoms with van der Waals surface area (Å²) in [6.45, 7) is 0. The average molecular weight is 243 g/mol. The minimum Gasteiger partial charge on any atom is -0.408 e. The number of H-pyrrole nitrogens is 2. The number of hydrogen-bond donors (Lipinski definition) is 3. The van der Waals surface area contributed by atoms with Crippen molar-refractivity contribution in [2.45, 2.75) is 0 Å². The zero-order valence-electron chi connectivity index (χ0n) is 9.19. The quantitative estimate of drug-likeness (QED) is 0.594. The first-order valence-electron chi connectivity index (χ1n) is 5.25. The Morgan fingerprint density at radius 3 is 2.61 bits per heavy atom. The highest BCUT2D eigenvalue weighted by atomic mass is 16.4. The van der Waals surface area contributed by atoms with E-state index in [0.29, 0.717) is 22.5 Å². The lowest BCUT2D eigenvalue weighted by atomic mass is 10.1. The highest BCUT2D eigenvalue weighted by molar-refractivity contribution is 5.80. The molecule has 90 valence electrons.